The maximum absolute atomic E-state index is 6.88. The molecule has 3 rings (SSSR count). The van der Waals surface area contributed by atoms with Crippen LogP contribution in [0.5, 0.6) is 0 Å². The van der Waals surface area contributed by atoms with Crippen molar-refractivity contribution >= 4 is 29.6 Å². The minimum atomic E-state index is -1.60. The van der Waals surface area contributed by atoms with Gasteiger partial charge in [-0.2, -0.15) is 0 Å². The molecule has 0 bridgehead atoms. The van der Waals surface area contributed by atoms with Crippen molar-refractivity contribution in [2.75, 3.05) is 6.61 Å². The molecule has 1 heterocycles. The van der Waals surface area contributed by atoms with Crippen molar-refractivity contribution in [1.82, 2.24) is 0 Å². The van der Waals surface area contributed by atoms with E-state index in [0.29, 0.717) is 5.54 Å². The fourth-order valence-corrected chi connectivity index (χ4v) is 11.5. The molecule has 2 aliphatic rings. The Hall–Kier alpha value is -0.683. The van der Waals surface area contributed by atoms with Crippen LogP contribution in [0.15, 0.2) is 48.1 Å². The molecule has 0 amide bonds. The van der Waals surface area contributed by atoms with Crippen LogP contribution in [0.25, 0.3) is 5.57 Å². The maximum atomic E-state index is 6.88. The summed E-state index contributed by atoms with van der Waals surface area (Å²) in [6, 6.07) is 14.5. The van der Waals surface area contributed by atoms with Crippen LogP contribution in [-0.4, -0.2) is 25.5 Å². The summed E-state index contributed by atoms with van der Waals surface area (Å²) in [4.78, 5) is 0. The first-order valence-corrected chi connectivity index (χ1v) is 14.4. The van der Waals surface area contributed by atoms with Crippen molar-refractivity contribution in [3.8, 4) is 0 Å². The lowest BCUT2D eigenvalue weighted by atomic mass is 9.90. The van der Waals surface area contributed by atoms with E-state index in [2.05, 4.69) is 86.1 Å². The first kappa shape index (κ1) is 22.0. The third kappa shape index (κ3) is 4.25. The Labute approximate surface area is 180 Å². The second-order valence-electron chi connectivity index (χ2n) is 8.29. The molecule has 1 aromatic rings. The number of halogens is 1. The van der Waals surface area contributed by atoms with Crippen molar-refractivity contribution < 1.29 is 9.47 Å². The second kappa shape index (κ2) is 9.42. The molecular weight excluding hydrogens is 428 g/mol. The van der Waals surface area contributed by atoms with Crippen LogP contribution >= 0.6 is 15.9 Å². The number of hydrogen-bond acceptors (Lipinski definition) is 2. The van der Waals surface area contributed by atoms with Crippen molar-refractivity contribution in [3.05, 3.63) is 53.6 Å². The van der Waals surface area contributed by atoms with Gasteiger partial charge in [0.1, 0.15) is 0 Å². The van der Waals surface area contributed by atoms with Crippen LogP contribution in [0.2, 0.25) is 23.7 Å². The standard InChI is InChI=1S/C24H35BrO2Si/c1-5-28(6-2,7-3)22-18-19(4)17-21(20-13-9-8-10-14-20)24(22,25)27-23-15-11-12-16-26-23/h8-10,13-14,17-18,22-23H,5-7,11-12,15-16H2,1-4H3. The maximum Gasteiger partial charge on any atom is 0.159 e. The summed E-state index contributed by atoms with van der Waals surface area (Å²) < 4.78 is 12.4. The summed E-state index contributed by atoms with van der Waals surface area (Å²) in [7, 11) is -1.60. The Balaban J connectivity index is 2.10. The predicted octanol–water partition coefficient (Wildman–Crippen LogP) is 7.54. The lowest BCUT2D eigenvalue weighted by Crippen LogP contribution is -2.51. The lowest BCUT2D eigenvalue weighted by Gasteiger charge is -2.49. The molecule has 0 aromatic heterocycles. The molecule has 0 N–H and O–H groups in total. The highest BCUT2D eigenvalue weighted by Crippen LogP contribution is 2.56. The molecule has 2 nitrogen and oxygen atoms in total. The molecule has 3 unspecified atom stereocenters. The first-order chi connectivity index (χ1) is 13.5. The van der Waals surface area contributed by atoms with Crippen LogP contribution < -0.4 is 0 Å². The van der Waals surface area contributed by atoms with Crippen molar-refractivity contribution in [3.63, 3.8) is 0 Å². The Morgan fingerprint density at radius 1 is 1.11 bits per heavy atom. The summed E-state index contributed by atoms with van der Waals surface area (Å²) in [5, 5.41) is 0. The van der Waals surface area contributed by atoms with Crippen LogP contribution in [0.1, 0.15) is 52.5 Å². The quantitative estimate of drug-likeness (QED) is 0.307. The minimum Gasteiger partial charge on any atom is -0.353 e. The highest BCUT2D eigenvalue weighted by molar-refractivity contribution is 9.10. The fourth-order valence-electron chi connectivity index (χ4n) is 4.92. The number of rotatable bonds is 7. The molecular formula is C24H35BrO2Si. The van der Waals surface area contributed by atoms with Crippen LogP contribution in [-0.2, 0) is 9.47 Å². The number of benzene rings is 1. The molecule has 1 fully saturated rings. The van der Waals surface area contributed by atoms with Gasteiger partial charge in [-0.3, -0.25) is 0 Å². The number of hydrogen-bond donors (Lipinski definition) is 0. The summed E-state index contributed by atoms with van der Waals surface area (Å²) >= 11 is 4.21. The largest absolute Gasteiger partial charge is 0.353 e. The van der Waals surface area contributed by atoms with E-state index in [9.17, 15) is 0 Å². The Kier molecular flexibility index (Phi) is 7.41. The average molecular weight is 464 g/mol. The number of allylic oxidation sites excluding steroid dienone is 2. The molecule has 1 aliphatic heterocycles. The zero-order valence-electron chi connectivity index (χ0n) is 17.8. The van der Waals surface area contributed by atoms with Crippen molar-refractivity contribution in [2.45, 2.75) is 81.4 Å². The summed E-state index contributed by atoms with van der Waals surface area (Å²) in [6.07, 6.45) is 7.96. The number of alkyl halides is 1. The fraction of sp³-hybridized carbons (Fsp3) is 0.583. The van der Waals surface area contributed by atoms with Gasteiger partial charge in [-0.15, -0.1) is 0 Å². The highest BCUT2D eigenvalue weighted by atomic mass is 79.9. The van der Waals surface area contributed by atoms with E-state index in [0.717, 1.165) is 19.4 Å². The average Bonchev–Trinajstić information content (AvgIpc) is 2.73. The third-order valence-electron chi connectivity index (χ3n) is 6.87. The van der Waals surface area contributed by atoms with Crippen LogP contribution in [0, 0.1) is 0 Å². The van der Waals surface area contributed by atoms with Gasteiger partial charge in [0.15, 0.2) is 10.8 Å². The summed E-state index contributed by atoms with van der Waals surface area (Å²) in [6.45, 7) is 10.2. The van der Waals surface area contributed by atoms with E-state index < -0.39 is 12.6 Å². The van der Waals surface area contributed by atoms with Gasteiger partial charge < -0.3 is 9.47 Å². The monoisotopic (exact) mass is 462 g/mol. The molecule has 4 heteroatoms. The molecule has 0 saturated carbocycles. The van der Waals surface area contributed by atoms with E-state index in [-0.39, 0.29) is 6.29 Å². The smallest absolute Gasteiger partial charge is 0.159 e. The van der Waals surface area contributed by atoms with Gasteiger partial charge >= 0.3 is 0 Å². The zero-order chi connectivity index (χ0) is 20.2. The minimum absolute atomic E-state index is 0.133. The third-order valence-corrected chi connectivity index (χ3v) is 14.5. The van der Waals surface area contributed by atoms with E-state index in [1.165, 1.54) is 41.3 Å². The zero-order valence-corrected chi connectivity index (χ0v) is 20.4. The van der Waals surface area contributed by atoms with Gasteiger partial charge in [-0.25, -0.2) is 0 Å². The Bertz CT molecular complexity index is 696. The Morgan fingerprint density at radius 3 is 2.36 bits per heavy atom. The molecule has 1 aromatic carbocycles. The predicted molar refractivity (Wildman–Crippen MR) is 125 cm³/mol. The van der Waals surface area contributed by atoms with E-state index in [1.807, 2.05) is 0 Å². The van der Waals surface area contributed by atoms with E-state index in [4.69, 9.17) is 9.47 Å². The summed E-state index contributed by atoms with van der Waals surface area (Å²) in [5.74, 6) is 0. The molecule has 154 valence electrons. The van der Waals surface area contributed by atoms with E-state index >= 15 is 0 Å². The van der Waals surface area contributed by atoms with E-state index in [1.54, 1.807) is 0 Å². The molecule has 28 heavy (non-hydrogen) atoms. The first-order valence-electron chi connectivity index (χ1n) is 10.9. The van der Waals surface area contributed by atoms with Gasteiger partial charge in [-0.05, 0) is 47.7 Å². The topological polar surface area (TPSA) is 18.5 Å². The van der Waals surface area contributed by atoms with Crippen molar-refractivity contribution in [2.24, 2.45) is 0 Å². The molecule has 1 saturated heterocycles. The van der Waals surface area contributed by atoms with Gasteiger partial charge in [-0.1, -0.05) is 87.0 Å². The van der Waals surface area contributed by atoms with Gasteiger partial charge in [0, 0.05) is 17.7 Å². The Morgan fingerprint density at radius 2 is 1.79 bits per heavy atom. The number of ether oxygens (including phenoxy) is 2. The molecule has 1 aliphatic carbocycles. The highest BCUT2D eigenvalue weighted by Gasteiger charge is 2.53. The second-order valence-corrected chi connectivity index (χ2v) is 14.9. The normalized spacial score (nSPS) is 28.6. The SMILES string of the molecule is CC[Si](CC)(CC)C1C=C(C)C=C(c2ccccc2)C1(Br)OC1CCCCO1. The van der Waals surface area contributed by atoms with Gasteiger partial charge in [0.05, 0.1) is 8.07 Å². The van der Waals surface area contributed by atoms with Crippen LogP contribution in [0.3, 0.4) is 0 Å². The summed E-state index contributed by atoms with van der Waals surface area (Å²) in [5.41, 5.74) is 4.21. The van der Waals surface area contributed by atoms with Crippen molar-refractivity contribution in [1.29, 1.82) is 0 Å². The van der Waals surface area contributed by atoms with Gasteiger partial charge in [0.2, 0.25) is 0 Å². The van der Waals surface area contributed by atoms with Gasteiger partial charge in [0.25, 0.3) is 0 Å². The molecule has 0 spiro atoms. The lowest BCUT2D eigenvalue weighted by molar-refractivity contribution is -0.182. The van der Waals surface area contributed by atoms with Crippen LogP contribution in [0.4, 0.5) is 0 Å². The molecule has 3 atom stereocenters. The molecule has 0 radical (unpaired) electrons.